The van der Waals surface area contributed by atoms with Gasteiger partial charge in [0.05, 0.1) is 10.7 Å². The predicted octanol–water partition coefficient (Wildman–Crippen LogP) is 4.78. The van der Waals surface area contributed by atoms with Gasteiger partial charge in [-0.2, -0.15) is 5.10 Å². The van der Waals surface area contributed by atoms with Crippen molar-refractivity contribution in [3.05, 3.63) is 76.4 Å². The number of nitrogens with zero attached hydrogens (tertiary/aromatic N) is 3. The summed E-state index contributed by atoms with van der Waals surface area (Å²) in [6.07, 6.45) is 1.49. The number of rotatable bonds is 6. The lowest BCUT2D eigenvalue weighted by Crippen LogP contribution is -2.11. The normalized spacial score (nSPS) is 10.8. The zero-order valence-electron chi connectivity index (χ0n) is 15.0. The Morgan fingerprint density at radius 2 is 1.93 bits per heavy atom. The van der Waals surface area contributed by atoms with Crippen LogP contribution in [0, 0.1) is 6.92 Å². The molecule has 2 aromatic carbocycles. The van der Waals surface area contributed by atoms with E-state index in [0.29, 0.717) is 5.56 Å². The molecule has 0 atom stereocenters. The minimum atomic E-state index is -0.133. The number of aromatic nitrogens is 4. The maximum absolute atomic E-state index is 12.5. The minimum Gasteiger partial charge on any atom is -0.322 e. The van der Waals surface area contributed by atoms with Crippen molar-refractivity contribution in [3.63, 3.8) is 0 Å². The molecule has 0 radical (unpaired) electrons. The predicted molar refractivity (Wildman–Crippen MR) is 113 cm³/mol. The molecular weight excluding hydrogens is 390 g/mol. The van der Waals surface area contributed by atoms with Crippen LogP contribution >= 0.6 is 23.1 Å². The van der Waals surface area contributed by atoms with E-state index in [2.05, 4.69) is 25.5 Å². The molecule has 0 spiro atoms. The lowest BCUT2D eigenvalue weighted by molar-refractivity contribution is 0.102. The molecule has 0 bridgehead atoms. The van der Waals surface area contributed by atoms with E-state index >= 15 is 0 Å². The first-order valence-electron chi connectivity index (χ1n) is 8.58. The largest absolute Gasteiger partial charge is 0.322 e. The maximum Gasteiger partial charge on any atom is 0.255 e. The number of aryl methyl sites for hydroxylation is 1. The number of carbonyl (C=O) groups excluding carboxylic acids is 1. The number of hydrogen-bond donors (Lipinski definition) is 2. The lowest BCUT2D eigenvalue weighted by Gasteiger charge is -2.07. The van der Waals surface area contributed by atoms with Crippen LogP contribution in [0.15, 0.2) is 65.4 Å². The number of amides is 1. The van der Waals surface area contributed by atoms with E-state index in [1.165, 1.54) is 6.33 Å². The third-order valence-electron chi connectivity index (χ3n) is 4.04. The van der Waals surface area contributed by atoms with Crippen LogP contribution in [-0.4, -0.2) is 26.1 Å². The zero-order valence-corrected chi connectivity index (χ0v) is 16.7. The second-order valence-corrected chi connectivity index (χ2v) is 8.09. The quantitative estimate of drug-likeness (QED) is 0.449. The van der Waals surface area contributed by atoms with Crippen molar-refractivity contribution >= 4 is 34.7 Å². The number of anilines is 1. The second-order valence-electron chi connectivity index (χ2n) is 6.06. The number of hydrogen-bond acceptors (Lipinski definition) is 6. The fraction of sp³-hybridized carbons (Fsp3) is 0.100. The molecule has 0 aliphatic carbocycles. The van der Waals surface area contributed by atoms with E-state index in [0.717, 1.165) is 38.4 Å². The first-order valence-corrected chi connectivity index (χ1v) is 10.4. The molecule has 6 nitrogen and oxygen atoms in total. The third-order valence-corrected chi connectivity index (χ3v) is 5.76. The van der Waals surface area contributed by atoms with Gasteiger partial charge in [0.1, 0.15) is 6.33 Å². The molecule has 0 aliphatic heterocycles. The van der Waals surface area contributed by atoms with Crippen LogP contribution in [0.4, 0.5) is 5.69 Å². The van der Waals surface area contributed by atoms with Gasteiger partial charge in [0.15, 0.2) is 5.16 Å². The highest BCUT2D eigenvalue weighted by Crippen LogP contribution is 2.23. The van der Waals surface area contributed by atoms with E-state index < -0.39 is 0 Å². The smallest absolute Gasteiger partial charge is 0.255 e. The average Bonchev–Trinajstić information content (AvgIpc) is 3.39. The SMILES string of the molecule is Cc1nc(-c2ccc(NC(=O)c3ccc(CSc4ncn[nH]4)cc3)cc2)cs1. The maximum atomic E-state index is 12.5. The second kappa shape index (κ2) is 8.37. The molecule has 2 N–H and O–H groups in total. The van der Waals surface area contributed by atoms with Gasteiger partial charge < -0.3 is 5.32 Å². The summed E-state index contributed by atoms with van der Waals surface area (Å²) in [5, 5.41) is 13.4. The van der Waals surface area contributed by atoms with E-state index in [-0.39, 0.29) is 5.91 Å². The van der Waals surface area contributed by atoms with Crippen molar-refractivity contribution in [2.75, 3.05) is 5.32 Å². The summed E-state index contributed by atoms with van der Waals surface area (Å²) in [6, 6.07) is 15.3. The van der Waals surface area contributed by atoms with Crippen molar-refractivity contribution in [1.29, 1.82) is 0 Å². The van der Waals surface area contributed by atoms with Crippen LogP contribution in [0.25, 0.3) is 11.3 Å². The summed E-state index contributed by atoms with van der Waals surface area (Å²) in [5.74, 6) is 0.626. The standard InChI is InChI=1S/C20H17N5OS2/c1-13-23-18(11-27-13)15-6-8-17(9-7-15)24-19(26)16-4-2-14(3-5-16)10-28-20-21-12-22-25-20/h2-9,11-12H,10H2,1H3,(H,24,26)(H,21,22,25). The number of thioether (sulfide) groups is 1. The van der Waals surface area contributed by atoms with Gasteiger partial charge in [0.2, 0.25) is 0 Å². The summed E-state index contributed by atoms with van der Waals surface area (Å²) in [6.45, 7) is 1.99. The third kappa shape index (κ3) is 4.47. The molecule has 2 aromatic heterocycles. The van der Waals surface area contributed by atoms with Crippen molar-refractivity contribution in [1.82, 2.24) is 20.2 Å². The van der Waals surface area contributed by atoms with Gasteiger partial charge in [0.25, 0.3) is 5.91 Å². The van der Waals surface area contributed by atoms with Gasteiger partial charge in [-0.25, -0.2) is 9.97 Å². The molecule has 2 heterocycles. The van der Waals surface area contributed by atoms with E-state index in [9.17, 15) is 4.79 Å². The van der Waals surface area contributed by atoms with Crippen LogP contribution in [0.1, 0.15) is 20.9 Å². The molecule has 0 aliphatic rings. The van der Waals surface area contributed by atoms with Gasteiger partial charge in [-0.1, -0.05) is 36.0 Å². The Bertz CT molecular complexity index is 1060. The number of carbonyl (C=O) groups is 1. The zero-order chi connectivity index (χ0) is 19.3. The van der Waals surface area contributed by atoms with Crippen molar-refractivity contribution in [2.24, 2.45) is 0 Å². The molecule has 0 unspecified atom stereocenters. The van der Waals surface area contributed by atoms with E-state index in [1.54, 1.807) is 23.1 Å². The number of thiazole rings is 1. The number of H-pyrrole nitrogens is 1. The molecule has 140 valence electrons. The molecule has 4 rings (SSSR count). The Balaban J connectivity index is 1.36. The molecule has 1 amide bonds. The van der Waals surface area contributed by atoms with E-state index in [4.69, 9.17) is 0 Å². The Hall–Kier alpha value is -2.97. The minimum absolute atomic E-state index is 0.133. The molecule has 0 saturated carbocycles. The highest BCUT2D eigenvalue weighted by Gasteiger charge is 2.08. The monoisotopic (exact) mass is 407 g/mol. The fourth-order valence-electron chi connectivity index (χ4n) is 2.59. The lowest BCUT2D eigenvalue weighted by atomic mass is 10.1. The molecule has 4 aromatic rings. The van der Waals surface area contributed by atoms with Gasteiger partial charge in [-0.15, -0.1) is 11.3 Å². The molecule has 0 fully saturated rings. The average molecular weight is 408 g/mol. The Kier molecular flexibility index (Phi) is 5.50. The van der Waals surface area contributed by atoms with Crippen LogP contribution in [0.5, 0.6) is 0 Å². The highest BCUT2D eigenvalue weighted by molar-refractivity contribution is 7.98. The van der Waals surface area contributed by atoms with Crippen LogP contribution in [-0.2, 0) is 5.75 Å². The number of nitrogens with one attached hydrogen (secondary N) is 2. The fourth-order valence-corrected chi connectivity index (χ4v) is 3.95. The van der Waals surface area contributed by atoms with Crippen molar-refractivity contribution in [3.8, 4) is 11.3 Å². The summed E-state index contributed by atoms with van der Waals surface area (Å²) in [4.78, 5) is 21.0. The first kappa shape index (κ1) is 18.4. The summed E-state index contributed by atoms with van der Waals surface area (Å²) >= 11 is 3.19. The van der Waals surface area contributed by atoms with Gasteiger partial charge in [-0.3, -0.25) is 9.89 Å². The molecule has 8 heteroatoms. The van der Waals surface area contributed by atoms with Crippen LogP contribution in [0.2, 0.25) is 0 Å². The Labute approximate surface area is 170 Å². The molecule has 0 saturated heterocycles. The van der Waals surface area contributed by atoms with Crippen molar-refractivity contribution in [2.45, 2.75) is 17.8 Å². The first-order chi connectivity index (χ1) is 13.7. The Morgan fingerprint density at radius 3 is 2.57 bits per heavy atom. The molecule has 28 heavy (non-hydrogen) atoms. The van der Waals surface area contributed by atoms with Crippen LogP contribution in [0.3, 0.4) is 0 Å². The van der Waals surface area contributed by atoms with Gasteiger partial charge >= 0.3 is 0 Å². The summed E-state index contributed by atoms with van der Waals surface area (Å²) in [5.41, 5.74) is 4.48. The highest BCUT2D eigenvalue weighted by atomic mass is 32.2. The number of aromatic amines is 1. The van der Waals surface area contributed by atoms with Crippen LogP contribution < -0.4 is 5.32 Å². The van der Waals surface area contributed by atoms with Crippen molar-refractivity contribution < 1.29 is 4.79 Å². The van der Waals surface area contributed by atoms with Gasteiger partial charge in [-0.05, 0) is 36.8 Å². The summed E-state index contributed by atoms with van der Waals surface area (Å²) < 4.78 is 0. The number of benzene rings is 2. The molecular formula is C20H17N5OS2. The summed E-state index contributed by atoms with van der Waals surface area (Å²) in [7, 11) is 0. The van der Waals surface area contributed by atoms with Gasteiger partial charge in [0, 0.05) is 27.9 Å². The Morgan fingerprint density at radius 1 is 1.14 bits per heavy atom. The topological polar surface area (TPSA) is 83.6 Å². The van der Waals surface area contributed by atoms with E-state index in [1.807, 2.05) is 60.8 Å².